The third-order valence-corrected chi connectivity index (χ3v) is 5.66. The van der Waals surface area contributed by atoms with Crippen LogP contribution in [-0.4, -0.2) is 49.2 Å². The number of amides is 1. The van der Waals surface area contributed by atoms with Crippen molar-refractivity contribution >= 4 is 5.91 Å². The highest BCUT2D eigenvalue weighted by atomic mass is 16.5. The maximum Gasteiger partial charge on any atom is 0.240 e. The fraction of sp³-hybridized carbons (Fsp3) is 0.941. The van der Waals surface area contributed by atoms with Gasteiger partial charge in [0.15, 0.2) is 0 Å². The van der Waals surface area contributed by atoms with Crippen LogP contribution in [0.15, 0.2) is 0 Å². The van der Waals surface area contributed by atoms with Gasteiger partial charge in [-0.2, -0.15) is 0 Å². The standard InChI is InChI=1S/C17H30N2O2/c20-16(18-10-7-15-6-5-13-21-14-15)17(8-1-2-9-17)19-11-3-4-12-19/h15H,1-14H2,(H,18,20). The zero-order valence-electron chi connectivity index (χ0n) is 13.2. The summed E-state index contributed by atoms with van der Waals surface area (Å²) < 4.78 is 5.52. The number of hydrogen-bond donors (Lipinski definition) is 1. The minimum Gasteiger partial charge on any atom is -0.381 e. The Hall–Kier alpha value is -0.610. The number of carbonyl (C=O) groups is 1. The van der Waals surface area contributed by atoms with Crippen molar-refractivity contribution in [3.63, 3.8) is 0 Å². The van der Waals surface area contributed by atoms with E-state index in [2.05, 4.69) is 10.2 Å². The fourth-order valence-corrected chi connectivity index (χ4v) is 4.38. The summed E-state index contributed by atoms with van der Waals surface area (Å²) in [6.45, 7) is 4.85. The lowest BCUT2D eigenvalue weighted by molar-refractivity contribution is -0.133. The quantitative estimate of drug-likeness (QED) is 0.846. The summed E-state index contributed by atoms with van der Waals surface area (Å²) in [6, 6.07) is 0. The van der Waals surface area contributed by atoms with Gasteiger partial charge in [0.2, 0.25) is 5.91 Å². The summed E-state index contributed by atoms with van der Waals surface area (Å²) in [5.74, 6) is 0.948. The first kappa shape index (κ1) is 15.3. The lowest BCUT2D eigenvalue weighted by atomic mass is 9.93. The van der Waals surface area contributed by atoms with Crippen LogP contribution in [0.1, 0.15) is 57.8 Å². The Labute approximate surface area is 128 Å². The topological polar surface area (TPSA) is 41.6 Å². The average Bonchev–Trinajstić information content (AvgIpc) is 3.20. The molecule has 0 aromatic heterocycles. The molecule has 2 saturated heterocycles. The van der Waals surface area contributed by atoms with Gasteiger partial charge in [0.1, 0.15) is 5.54 Å². The van der Waals surface area contributed by atoms with Crippen LogP contribution in [0.3, 0.4) is 0 Å². The molecular formula is C17H30N2O2. The Bertz CT molecular complexity index is 341. The van der Waals surface area contributed by atoms with E-state index in [9.17, 15) is 4.79 Å². The van der Waals surface area contributed by atoms with E-state index in [1.54, 1.807) is 0 Å². The maximum atomic E-state index is 12.8. The van der Waals surface area contributed by atoms with Gasteiger partial charge in [0.05, 0.1) is 0 Å². The predicted octanol–water partition coefficient (Wildman–Crippen LogP) is 2.33. The van der Waals surface area contributed by atoms with E-state index in [0.29, 0.717) is 11.8 Å². The first-order valence-electron chi connectivity index (χ1n) is 8.92. The van der Waals surface area contributed by atoms with Crippen molar-refractivity contribution in [1.82, 2.24) is 10.2 Å². The Kier molecular flexibility index (Phi) is 5.17. The van der Waals surface area contributed by atoms with Crippen molar-refractivity contribution in [3.05, 3.63) is 0 Å². The van der Waals surface area contributed by atoms with Gasteiger partial charge in [0.25, 0.3) is 0 Å². The third-order valence-electron chi connectivity index (χ3n) is 5.66. The number of hydrogen-bond acceptors (Lipinski definition) is 3. The van der Waals surface area contributed by atoms with Crippen molar-refractivity contribution in [2.75, 3.05) is 32.8 Å². The number of ether oxygens (including phenoxy) is 1. The number of nitrogens with zero attached hydrogens (tertiary/aromatic N) is 1. The van der Waals surface area contributed by atoms with Gasteiger partial charge in [-0.15, -0.1) is 0 Å². The van der Waals surface area contributed by atoms with Crippen molar-refractivity contribution in [2.45, 2.75) is 63.3 Å². The first-order valence-corrected chi connectivity index (χ1v) is 8.92. The lowest BCUT2D eigenvalue weighted by Gasteiger charge is -2.37. The average molecular weight is 294 g/mol. The van der Waals surface area contributed by atoms with E-state index in [1.165, 1.54) is 38.5 Å². The van der Waals surface area contributed by atoms with Crippen LogP contribution >= 0.6 is 0 Å². The molecule has 1 unspecified atom stereocenters. The molecule has 1 saturated carbocycles. The Balaban J connectivity index is 1.50. The van der Waals surface area contributed by atoms with E-state index >= 15 is 0 Å². The summed E-state index contributed by atoms with van der Waals surface area (Å²) in [6.07, 6.45) is 10.6. The van der Waals surface area contributed by atoms with Crippen molar-refractivity contribution in [2.24, 2.45) is 5.92 Å². The zero-order valence-corrected chi connectivity index (χ0v) is 13.2. The smallest absolute Gasteiger partial charge is 0.240 e. The molecular weight excluding hydrogens is 264 g/mol. The SMILES string of the molecule is O=C(NCCC1CCCOC1)C1(N2CCCC2)CCCC1. The highest BCUT2D eigenvalue weighted by Crippen LogP contribution is 2.37. The highest BCUT2D eigenvalue weighted by molar-refractivity contribution is 5.86. The highest BCUT2D eigenvalue weighted by Gasteiger charge is 2.46. The van der Waals surface area contributed by atoms with Crippen LogP contribution in [0.25, 0.3) is 0 Å². The summed E-state index contributed by atoms with van der Waals surface area (Å²) >= 11 is 0. The van der Waals surface area contributed by atoms with E-state index in [1.807, 2.05) is 0 Å². The molecule has 21 heavy (non-hydrogen) atoms. The summed E-state index contributed by atoms with van der Waals surface area (Å²) in [4.78, 5) is 15.3. The molecule has 3 aliphatic rings. The molecule has 3 fully saturated rings. The molecule has 2 heterocycles. The summed E-state index contributed by atoms with van der Waals surface area (Å²) in [5, 5.41) is 3.25. The van der Waals surface area contributed by atoms with Crippen LogP contribution in [0.4, 0.5) is 0 Å². The summed E-state index contributed by atoms with van der Waals surface area (Å²) in [5.41, 5.74) is -0.167. The largest absolute Gasteiger partial charge is 0.381 e. The van der Waals surface area contributed by atoms with Gasteiger partial charge in [-0.05, 0) is 64.0 Å². The molecule has 0 bridgehead atoms. The van der Waals surface area contributed by atoms with Gasteiger partial charge in [-0.1, -0.05) is 12.8 Å². The van der Waals surface area contributed by atoms with Crippen molar-refractivity contribution in [3.8, 4) is 0 Å². The number of likely N-dealkylation sites (tertiary alicyclic amines) is 1. The maximum absolute atomic E-state index is 12.8. The minimum absolute atomic E-state index is 0.167. The van der Waals surface area contributed by atoms with E-state index < -0.39 is 0 Å². The van der Waals surface area contributed by atoms with Gasteiger partial charge in [-0.3, -0.25) is 9.69 Å². The second-order valence-corrected chi connectivity index (χ2v) is 7.06. The number of nitrogens with one attached hydrogen (secondary N) is 1. The van der Waals surface area contributed by atoms with E-state index in [-0.39, 0.29) is 5.54 Å². The second-order valence-electron chi connectivity index (χ2n) is 7.06. The Morgan fingerprint density at radius 3 is 2.57 bits per heavy atom. The van der Waals surface area contributed by atoms with Crippen LogP contribution in [0.2, 0.25) is 0 Å². The molecule has 1 atom stereocenters. The summed E-state index contributed by atoms with van der Waals surface area (Å²) in [7, 11) is 0. The first-order chi connectivity index (χ1) is 10.3. The second kappa shape index (κ2) is 7.10. The molecule has 0 spiro atoms. The molecule has 3 rings (SSSR count). The molecule has 1 N–H and O–H groups in total. The van der Waals surface area contributed by atoms with Gasteiger partial charge in [0, 0.05) is 19.8 Å². The van der Waals surface area contributed by atoms with Crippen LogP contribution < -0.4 is 5.32 Å². The minimum atomic E-state index is -0.167. The van der Waals surface area contributed by atoms with Gasteiger partial charge in [-0.25, -0.2) is 0 Å². The molecule has 4 nitrogen and oxygen atoms in total. The fourth-order valence-electron chi connectivity index (χ4n) is 4.38. The van der Waals surface area contributed by atoms with Crippen LogP contribution in [0.5, 0.6) is 0 Å². The lowest BCUT2D eigenvalue weighted by Crippen LogP contribution is -2.56. The van der Waals surface area contributed by atoms with Gasteiger partial charge < -0.3 is 10.1 Å². The third kappa shape index (κ3) is 3.42. The Morgan fingerprint density at radius 1 is 1.14 bits per heavy atom. The number of rotatable bonds is 5. The molecule has 1 amide bonds. The zero-order chi connectivity index (χ0) is 14.5. The van der Waals surface area contributed by atoms with Crippen molar-refractivity contribution < 1.29 is 9.53 Å². The number of carbonyl (C=O) groups excluding carboxylic acids is 1. The monoisotopic (exact) mass is 294 g/mol. The van der Waals surface area contributed by atoms with Crippen LogP contribution in [0, 0.1) is 5.92 Å². The normalized spacial score (nSPS) is 29.6. The molecule has 4 heteroatoms. The predicted molar refractivity (Wildman–Crippen MR) is 83.2 cm³/mol. The molecule has 120 valence electrons. The Morgan fingerprint density at radius 2 is 1.90 bits per heavy atom. The molecule has 0 aromatic rings. The molecule has 2 aliphatic heterocycles. The van der Waals surface area contributed by atoms with Gasteiger partial charge >= 0.3 is 0 Å². The molecule has 1 aliphatic carbocycles. The van der Waals surface area contributed by atoms with E-state index in [4.69, 9.17) is 4.74 Å². The molecule has 0 aromatic carbocycles. The molecule has 0 radical (unpaired) electrons. The van der Waals surface area contributed by atoms with E-state index in [0.717, 1.165) is 52.1 Å². The van der Waals surface area contributed by atoms with Crippen molar-refractivity contribution in [1.29, 1.82) is 0 Å². The van der Waals surface area contributed by atoms with Crippen LogP contribution in [-0.2, 0) is 9.53 Å².